The van der Waals surface area contributed by atoms with Crippen LogP contribution in [0.3, 0.4) is 0 Å². The predicted molar refractivity (Wildman–Crippen MR) is 232 cm³/mol. The monoisotopic (exact) mass is 834 g/mol. The summed E-state index contributed by atoms with van der Waals surface area (Å²) in [4.78, 5) is 27.3. The first-order chi connectivity index (χ1) is 27.1. The number of hydrogen-bond acceptors (Lipinski definition) is 9. The molecule has 0 amide bonds. The molecule has 2 heterocycles. The van der Waals surface area contributed by atoms with E-state index in [1.807, 2.05) is 72.8 Å². The number of ether oxygens (including phenoxy) is 3. The van der Waals surface area contributed by atoms with Gasteiger partial charge in [-0.05, 0) is 67.6 Å². The van der Waals surface area contributed by atoms with Crippen LogP contribution in [0, 0.1) is 0 Å². The van der Waals surface area contributed by atoms with Crippen LogP contribution in [0.4, 0.5) is 0 Å². The summed E-state index contributed by atoms with van der Waals surface area (Å²) in [6.07, 6.45) is -0.934. The Bertz CT molecular complexity index is 2590. The number of carbonyl (C=O) groups excluding carboxylic acids is 1. The lowest BCUT2D eigenvalue weighted by molar-refractivity contribution is -0.154. The third-order valence-corrected chi connectivity index (χ3v) is 9.13. The van der Waals surface area contributed by atoms with Crippen LogP contribution in [-0.4, -0.2) is 54.1 Å². The third-order valence-electron chi connectivity index (χ3n) is 8.66. The SMILES string of the molecule is C.C.C.CC(Oc1ccc(Cl)cc1-n1nc2ccccc2n1)(C(=O)O)c1ccccc1.COC(=O)C(Oc1ccc(Cl)cc1-n1nc2ccccc2n1)c1ccccc1. The van der Waals surface area contributed by atoms with Gasteiger partial charge in [-0.25, -0.2) is 9.59 Å². The topological polar surface area (TPSA) is 143 Å². The van der Waals surface area contributed by atoms with Crippen molar-refractivity contribution in [2.75, 3.05) is 7.11 Å². The van der Waals surface area contributed by atoms with Crippen molar-refractivity contribution in [3.63, 3.8) is 0 Å². The fourth-order valence-electron chi connectivity index (χ4n) is 5.73. The molecule has 0 fully saturated rings. The molecule has 0 radical (unpaired) electrons. The van der Waals surface area contributed by atoms with Crippen LogP contribution in [0.25, 0.3) is 33.4 Å². The zero-order valence-corrected chi connectivity index (χ0v) is 31.4. The van der Waals surface area contributed by atoms with Crippen molar-refractivity contribution in [2.24, 2.45) is 0 Å². The number of halogens is 2. The summed E-state index contributed by atoms with van der Waals surface area (Å²) in [6, 6.07) is 42.8. The van der Waals surface area contributed by atoms with Crippen LogP contribution in [0.15, 0.2) is 146 Å². The summed E-state index contributed by atoms with van der Waals surface area (Å²) < 4.78 is 17.0. The van der Waals surface area contributed by atoms with Crippen LogP contribution < -0.4 is 9.47 Å². The molecule has 2 aromatic heterocycles. The van der Waals surface area contributed by atoms with Gasteiger partial charge >= 0.3 is 11.9 Å². The zero-order chi connectivity index (χ0) is 39.2. The lowest BCUT2D eigenvalue weighted by atomic mass is 9.96. The molecule has 2 atom stereocenters. The summed E-state index contributed by atoms with van der Waals surface area (Å²) in [5.74, 6) is -0.911. The molecular formula is C45H44Cl2N6O6. The summed E-state index contributed by atoms with van der Waals surface area (Å²) >= 11 is 12.4. The number of carbonyl (C=O) groups is 2. The molecule has 0 aliphatic rings. The van der Waals surface area contributed by atoms with Gasteiger partial charge in [0.25, 0.3) is 0 Å². The molecule has 2 unspecified atom stereocenters. The number of benzene rings is 6. The van der Waals surface area contributed by atoms with Gasteiger partial charge in [0.15, 0.2) is 0 Å². The smallest absolute Gasteiger partial charge is 0.352 e. The number of fused-ring (bicyclic) bond motifs is 2. The Morgan fingerprint density at radius 3 is 1.46 bits per heavy atom. The summed E-state index contributed by atoms with van der Waals surface area (Å²) in [5, 5.41) is 28.7. The largest absolute Gasteiger partial charge is 0.478 e. The van der Waals surface area contributed by atoms with Gasteiger partial charge in [-0.2, -0.15) is 0 Å². The van der Waals surface area contributed by atoms with Gasteiger partial charge in [-0.15, -0.1) is 30.0 Å². The van der Waals surface area contributed by atoms with Gasteiger partial charge in [-0.3, -0.25) is 0 Å². The van der Waals surface area contributed by atoms with Crippen LogP contribution in [0.1, 0.15) is 46.4 Å². The van der Waals surface area contributed by atoms with Gasteiger partial charge in [0.05, 0.1) is 7.11 Å². The van der Waals surface area contributed by atoms with Gasteiger partial charge in [0, 0.05) is 21.2 Å². The van der Waals surface area contributed by atoms with Gasteiger partial charge in [0.1, 0.15) is 44.9 Å². The lowest BCUT2D eigenvalue weighted by Gasteiger charge is -2.27. The van der Waals surface area contributed by atoms with Gasteiger partial charge < -0.3 is 19.3 Å². The van der Waals surface area contributed by atoms with E-state index in [1.165, 1.54) is 23.6 Å². The Labute approximate surface area is 352 Å². The molecule has 8 aromatic rings. The first-order valence-electron chi connectivity index (χ1n) is 17.1. The maximum atomic E-state index is 12.4. The van der Waals surface area contributed by atoms with E-state index in [1.54, 1.807) is 72.8 Å². The Kier molecular flexibility index (Phi) is 14.9. The molecule has 8 rings (SSSR count). The van der Waals surface area contributed by atoms with Crippen molar-refractivity contribution >= 4 is 57.2 Å². The summed E-state index contributed by atoms with van der Waals surface area (Å²) in [7, 11) is 1.33. The first kappa shape index (κ1) is 44.9. The van der Waals surface area contributed by atoms with Crippen molar-refractivity contribution < 1.29 is 28.9 Å². The second kappa shape index (κ2) is 19.6. The molecule has 304 valence electrons. The number of carboxylic acid groups (broad SMARTS) is 1. The van der Waals surface area contributed by atoms with E-state index >= 15 is 0 Å². The second-order valence-corrected chi connectivity index (χ2v) is 13.3. The lowest BCUT2D eigenvalue weighted by Crippen LogP contribution is -2.38. The minimum Gasteiger partial charge on any atom is -0.478 e. The van der Waals surface area contributed by atoms with Crippen LogP contribution in [-0.2, 0) is 19.9 Å². The van der Waals surface area contributed by atoms with E-state index in [0.717, 1.165) is 11.0 Å². The molecule has 12 nitrogen and oxygen atoms in total. The van der Waals surface area contributed by atoms with Crippen molar-refractivity contribution in [3.8, 4) is 22.9 Å². The van der Waals surface area contributed by atoms with Gasteiger partial charge in [-0.1, -0.05) is 130 Å². The van der Waals surface area contributed by atoms with E-state index in [2.05, 4.69) is 20.4 Å². The van der Waals surface area contributed by atoms with Crippen LogP contribution in [0.5, 0.6) is 11.5 Å². The molecule has 0 bridgehead atoms. The number of carboxylic acids is 1. The number of hydrogen-bond donors (Lipinski definition) is 1. The van der Waals surface area contributed by atoms with Crippen molar-refractivity contribution in [3.05, 3.63) is 167 Å². The molecule has 0 aliphatic heterocycles. The first-order valence-corrected chi connectivity index (χ1v) is 17.9. The molecule has 0 spiro atoms. The maximum absolute atomic E-state index is 12.4. The predicted octanol–water partition coefficient (Wildman–Crippen LogP) is 10.7. The molecule has 0 saturated carbocycles. The number of aromatic nitrogens is 6. The van der Waals surface area contributed by atoms with Crippen molar-refractivity contribution in [1.82, 2.24) is 30.0 Å². The van der Waals surface area contributed by atoms with Crippen LogP contribution >= 0.6 is 23.2 Å². The summed E-state index contributed by atoms with van der Waals surface area (Å²) in [6.45, 7) is 1.51. The van der Waals surface area contributed by atoms with E-state index in [0.29, 0.717) is 55.1 Å². The molecule has 59 heavy (non-hydrogen) atoms. The maximum Gasteiger partial charge on any atom is 0.352 e. The molecule has 0 aliphatic carbocycles. The van der Waals surface area contributed by atoms with Crippen molar-refractivity contribution in [1.29, 1.82) is 0 Å². The number of rotatable bonds is 10. The number of nitrogens with zero attached hydrogens (tertiary/aromatic N) is 6. The van der Waals surface area contributed by atoms with E-state index in [4.69, 9.17) is 37.4 Å². The Morgan fingerprint density at radius 2 is 1.02 bits per heavy atom. The third kappa shape index (κ3) is 9.86. The molecule has 0 saturated heterocycles. The highest BCUT2D eigenvalue weighted by molar-refractivity contribution is 6.31. The van der Waals surface area contributed by atoms with Crippen LogP contribution in [0.2, 0.25) is 10.0 Å². The highest BCUT2D eigenvalue weighted by Crippen LogP contribution is 2.35. The molecular weight excluding hydrogens is 791 g/mol. The number of methoxy groups -OCH3 is 1. The fourth-order valence-corrected chi connectivity index (χ4v) is 6.06. The van der Waals surface area contributed by atoms with Gasteiger partial charge in [0.2, 0.25) is 11.7 Å². The number of aliphatic carboxylic acids is 1. The standard InChI is InChI=1S/2C21H16ClN3O3.3CH4/c1-21(20(26)27,14-7-3-2-4-8-14)28-19-12-11-15(22)13-18(19)25-23-16-9-5-6-10-17(16)24-25;1-27-21(26)20(14-7-3-2-4-8-14)28-19-12-11-15(22)13-18(19)25-23-16-9-5-6-10-17(16)24-25;;;/h2-13H,1H3,(H,26,27);2-13,20H,1H3;3*1H4. The quantitative estimate of drug-likeness (QED) is 0.132. The Morgan fingerprint density at radius 1 is 0.610 bits per heavy atom. The average Bonchev–Trinajstić information content (AvgIpc) is 3.86. The molecule has 1 N–H and O–H groups in total. The summed E-state index contributed by atoms with van der Waals surface area (Å²) in [5.41, 5.74) is 3.45. The van der Waals surface area contributed by atoms with E-state index in [9.17, 15) is 14.7 Å². The number of esters is 1. The zero-order valence-electron chi connectivity index (χ0n) is 29.9. The minimum atomic E-state index is -1.60. The van der Waals surface area contributed by atoms with E-state index < -0.39 is 23.6 Å². The molecule has 14 heteroatoms. The second-order valence-electron chi connectivity index (χ2n) is 12.4. The highest BCUT2D eigenvalue weighted by Gasteiger charge is 2.38. The van der Waals surface area contributed by atoms with Crippen molar-refractivity contribution in [2.45, 2.75) is 40.9 Å². The molecule has 6 aromatic carbocycles. The van der Waals surface area contributed by atoms with E-state index in [-0.39, 0.29) is 22.3 Å². The normalized spacial score (nSPS) is 11.9. The minimum absolute atomic E-state index is 0. The fraction of sp³-hybridized carbons (Fsp3) is 0.156. The Balaban J connectivity index is 0.000000248. The Hall–Kier alpha value is -6.76. The highest BCUT2D eigenvalue weighted by atomic mass is 35.5. The average molecular weight is 836 g/mol.